The summed E-state index contributed by atoms with van der Waals surface area (Å²) < 4.78 is 5.60. The molecule has 2 saturated heterocycles. The number of fused-ring (bicyclic) bond motifs is 2. The summed E-state index contributed by atoms with van der Waals surface area (Å²) >= 11 is 0. The molecule has 3 atom stereocenters. The Labute approximate surface area is 127 Å². The van der Waals surface area contributed by atoms with Gasteiger partial charge in [-0.2, -0.15) is 0 Å². The van der Waals surface area contributed by atoms with Crippen molar-refractivity contribution >= 4 is 0 Å². The number of nitrogens with one attached hydrogen (secondary N) is 1. The maximum absolute atomic E-state index is 5.60. The molecule has 4 heteroatoms. The summed E-state index contributed by atoms with van der Waals surface area (Å²) in [6.45, 7) is 2.70. The van der Waals surface area contributed by atoms with E-state index in [1.165, 1.54) is 31.2 Å². The van der Waals surface area contributed by atoms with Gasteiger partial charge in [0.15, 0.2) is 0 Å². The molecule has 0 radical (unpaired) electrons. The Morgan fingerprint density at radius 3 is 2.67 bits per heavy atom. The van der Waals surface area contributed by atoms with Gasteiger partial charge in [-0.15, -0.1) is 0 Å². The van der Waals surface area contributed by atoms with Crippen LogP contribution in [0, 0.1) is 5.92 Å². The zero-order valence-electron chi connectivity index (χ0n) is 13.4. The highest BCUT2D eigenvalue weighted by Gasteiger charge is 2.41. The fourth-order valence-corrected chi connectivity index (χ4v) is 4.25. The number of nitrogens with zero attached hydrogens (tertiary/aromatic N) is 2. The molecule has 3 rings (SSSR count). The molecule has 0 aliphatic carbocycles. The van der Waals surface area contributed by atoms with Crippen molar-refractivity contribution in [3.8, 4) is 5.75 Å². The van der Waals surface area contributed by atoms with Gasteiger partial charge in [-0.25, -0.2) is 0 Å². The normalized spacial score (nSPS) is 30.3. The van der Waals surface area contributed by atoms with Gasteiger partial charge in [0.25, 0.3) is 0 Å². The number of pyridine rings is 1. The summed E-state index contributed by atoms with van der Waals surface area (Å²) in [4.78, 5) is 6.96. The van der Waals surface area contributed by atoms with Gasteiger partial charge in [0.05, 0.1) is 12.8 Å². The Morgan fingerprint density at radius 2 is 2.05 bits per heavy atom. The highest BCUT2D eigenvalue weighted by atomic mass is 16.5. The molecule has 4 nitrogen and oxygen atoms in total. The minimum absolute atomic E-state index is 0.384. The second-order valence-corrected chi connectivity index (χ2v) is 6.44. The first-order valence-electron chi connectivity index (χ1n) is 8.19. The van der Waals surface area contributed by atoms with Crippen molar-refractivity contribution in [1.29, 1.82) is 0 Å². The average Bonchev–Trinajstić information content (AvgIpc) is 2.71. The first-order valence-corrected chi connectivity index (χ1v) is 8.19. The quantitative estimate of drug-likeness (QED) is 0.904. The summed E-state index contributed by atoms with van der Waals surface area (Å²) in [6.07, 6.45) is 9.10. The van der Waals surface area contributed by atoms with Crippen molar-refractivity contribution in [3.63, 3.8) is 0 Å². The van der Waals surface area contributed by atoms with Crippen molar-refractivity contribution in [2.45, 2.75) is 50.7 Å². The van der Waals surface area contributed by atoms with Crippen LogP contribution in [-0.2, 0) is 0 Å². The van der Waals surface area contributed by atoms with Crippen LogP contribution in [0.5, 0.6) is 5.75 Å². The molecule has 116 valence electrons. The Hall–Kier alpha value is -1.13. The summed E-state index contributed by atoms with van der Waals surface area (Å²) in [6, 6.07) is 4.08. The van der Waals surface area contributed by atoms with Crippen LogP contribution in [0.1, 0.15) is 44.2 Å². The summed E-state index contributed by atoms with van der Waals surface area (Å²) in [5, 5.41) is 3.53. The zero-order valence-corrected chi connectivity index (χ0v) is 13.4. The molecule has 2 fully saturated rings. The van der Waals surface area contributed by atoms with Crippen molar-refractivity contribution in [2.75, 3.05) is 20.7 Å². The Balaban J connectivity index is 1.77. The molecular weight excluding hydrogens is 262 g/mol. The van der Waals surface area contributed by atoms with Crippen LogP contribution in [0.4, 0.5) is 0 Å². The van der Waals surface area contributed by atoms with Crippen LogP contribution in [0.2, 0.25) is 0 Å². The molecule has 1 aromatic heterocycles. The lowest BCUT2D eigenvalue weighted by atomic mass is 9.82. The van der Waals surface area contributed by atoms with Crippen molar-refractivity contribution in [2.24, 2.45) is 5.92 Å². The predicted molar refractivity (Wildman–Crippen MR) is 84.5 cm³/mol. The lowest BCUT2D eigenvalue weighted by molar-refractivity contribution is 0.114. The highest BCUT2D eigenvalue weighted by Crippen LogP contribution is 2.42. The minimum Gasteiger partial charge on any atom is -0.492 e. The van der Waals surface area contributed by atoms with Gasteiger partial charge in [-0.1, -0.05) is 0 Å². The fraction of sp³-hybridized carbons (Fsp3) is 0.706. The molecule has 3 heterocycles. The molecule has 0 aromatic carbocycles. The zero-order chi connectivity index (χ0) is 14.8. The summed E-state index contributed by atoms with van der Waals surface area (Å²) in [5.74, 6) is 1.58. The topological polar surface area (TPSA) is 37.4 Å². The third kappa shape index (κ3) is 2.92. The minimum atomic E-state index is 0.384. The molecule has 2 bridgehead atoms. The monoisotopic (exact) mass is 289 g/mol. The number of aromatic nitrogens is 1. The maximum atomic E-state index is 5.60. The van der Waals surface area contributed by atoms with E-state index in [4.69, 9.17) is 4.74 Å². The van der Waals surface area contributed by atoms with Gasteiger partial charge >= 0.3 is 0 Å². The van der Waals surface area contributed by atoms with Gasteiger partial charge in [0.2, 0.25) is 0 Å². The van der Waals surface area contributed by atoms with Crippen LogP contribution in [-0.4, -0.2) is 42.7 Å². The second kappa shape index (κ2) is 6.32. The predicted octanol–water partition coefficient (Wildman–Crippen LogP) is 2.61. The van der Waals surface area contributed by atoms with E-state index in [1.807, 2.05) is 13.1 Å². The lowest BCUT2D eigenvalue weighted by Gasteiger charge is -2.39. The highest BCUT2D eigenvalue weighted by molar-refractivity contribution is 5.27. The van der Waals surface area contributed by atoms with Gasteiger partial charge in [-0.3, -0.25) is 4.98 Å². The van der Waals surface area contributed by atoms with Crippen LogP contribution in [0.25, 0.3) is 0 Å². The average molecular weight is 289 g/mol. The first kappa shape index (κ1) is 14.8. The van der Waals surface area contributed by atoms with Crippen molar-refractivity contribution < 1.29 is 4.74 Å². The molecular formula is C17H27N3O. The van der Waals surface area contributed by atoms with E-state index in [-0.39, 0.29) is 0 Å². The number of rotatable bonds is 5. The van der Waals surface area contributed by atoms with E-state index in [9.17, 15) is 0 Å². The molecule has 2 aliphatic rings. The molecule has 0 spiro atoms. The summed E-state index contributed by atoms with van der Waals surface area (Å²) in [7, 11) is 4.36. The van der Waals surface area contributed by atoms with Crippen LogP contribution in [0.3, 0.4) is 0 Å². The number of hydrogen-bond acceptors (Lipinski definition) is 4. The summed E-state index contributed by atoms with van der Waals surface area (Å²) in [5.41, 5.74) is 1.26. The van der Waals surface area contributed by atoms with Crippen molar-refractivity contribution in [3.05, 3.63) is 24.0 Å². The van der Waals surface area contributed by atoms with Gasteiger partial charge in [0.1, 0.15) is 5.75 Å². The van der Waals surface area contributed by atoms with Crippen molar-refractivity contribution in [1.82, 2.24) is 15.2 Å². The third-order valence-corrected chi connectivity index (χ3v) is 5.32. The second-order valence-electron chi connectivity index (χ2n) is 6.44. The lowest BCUT2D eigenvalue weighted by Crippen LogP contribution is -2.43. The van der Waals surface area contributed by atoms with E-state index in [1.54, 1.807) is 6.20 Å². The van der Waals surface area contributed by atoms with Crippen LogP contribution < -0.4 is 10.1 Å². The van der Waals surface area contributed by atoms with Crippen LogP contribution in [0.15, 0.2) is 18.5 Å². The SMILES string of the molecule is CCOc1cncc(C(NC)C2CC3CCC(C2)N3C)c1. The van der Waals surface area contributed by atoms with E-state index in [0.29, 0.717) is 18.6 Å². The first-order chi connectivity index (χ1) is 10.2. The Bertz CT molecular complexity index is 465. The van der Waals surface area contributed by atoms with E-state index < -0.39 is 0 Å². The van der Waals surface area contributed by atoms with Crippen LogP contribution >= 0.6 is 0 Å². The molecule has 21 heavy (non-hydrogen) atoms. The Morgan fingerprint density at radius 1 is 1.33 bits per heavy atom. The maximum Gasteiger partial charge on any atom is 0.137 e. The van der Waals surface area contributed by atoms with E-state index in [0.717, 1.165) is 17.8 Å². The molecule has 3 unspecified atom stereocenters. The molecule has 1 aromatic rings. The standard InChI is InChI=1S/C17H27N3O/c1-4-21-16-9-13(10-19-11-16)17(18-2)12-7-14-5-6-15(8-12)20(14)3/h9-12,14-15,17-18H,4-8H2,1-3H3. The smallest absolute Gasteiger partial charge is 0.137 e. The number of piperidine rings is 1. The van der Waals surface area contributed by atoms with Gasteiger partial charge < -0.3 is 15.0 Å². The molecule has 1 N–H and O–H groups in total. The number of hydrogen-bond donors (Lipinski definition) is 1. The third-order valence-electron chi connectivity index (χ3n) is 5.32. The van der Waals surface area contributed by atoms with E-state index in [2.05, 4.69) is 35.4 Å². The number of ether oxygens (including phenoxy) is 1. The molecule has 2 aliphatic heterocycles. The fourth-order valence-electron chi connectivity index (χ4n) is 4.25. The largest absolute Gasteiger partial charge is 0.492 e. The Kier molecular flexibility index (Phi) is 4.45. The van der Waals surface area contributed by atoms with Gasteiger partial charge in [0, 0.05) is 24.3 Å². The molecule has 0 amide bonds. The molecule has 0 saturated carbocycles. The van der Waals surface area contributed by atoms with E-state index >= 15 is 0 Å². The van der Waals surface area contributed by atoms with Gasteiger partial charge in [-0.05, 0) is 64.3 Å².